The van der Waals surface area contributed by atoms with E-state index < -0.39 is 0 Å². The van der Waals surface area contributed by atoms with Crippen molar-refractivity contribution in [3.63, 3.8) is 0 Å². The summed E-state index contributed by atoms with van der Waals surface area (Å²) < 4.78 is 0. The van der Waals surface area contributed by atoms with Gasteiger partial charge in [0.25, 0.3) is 0 Å². The lowest BCUT2D eigenvalue weighted by Crippen LogP contribution is -2.30. The van der Waals surface area contributed by atoms with Crippen LogP contribution in [0.2, 0.25) is 0 Å². The van der Waals surface area contributed by atoms with Crippen molar-refractivity contribution in [1.82, 2.24) is 5.32 Å². The third-order valence-corrected chi connectivity index (χ3v) is 4.37. The predicted molar refractivity (Wildman–Crippen MR) is 73.3 cm³/mol. The first-order chi connectivity index (χ1) is 7.88. The molecule has 0 saturated carbocycles. The Kier molecular flexibility index (Phi) is 4.73. The van der Waals surface area contributed by atoms with E-state index in [0.29, 0.717) is 0 Å². The molecule has 16 heavy (non-hydrogen) atoms. The van der Waals surface area contributed by atoms with Gasteiger partial charge in [-0.05, 0) is 42.7 Å². The molecule has 0 amide bonds. The number of hydrogen-bond acceptors (Lipinski definition) is 2. The van der Waals surface area contributed by atoms with E-state index in [1.54, 1.807) is 0 Å². The second-order valence-electron chi connectivity index (χ2n) is 4.43. The summed E-state index contributed by atoms with van der Waals surface area (Å²) in [6, 6.07) is 9.80. The van der Waals surface area contributed by atoms with Crippen molar-refractivity contribution >= 4 is 11.8 Å². The minimum Gasteiger partial charge on any atom is -0.313 e. The normalized spacial score (nSPS) is 20.2. The maximum atomic E-state index is 3.64. The van der Waals surface area contributed by atoms with Gasteiger partial charge < -0.3 is 5.32 Å². The van der Waals surface area contributed by atoms with Crippen molar-refractivity contribution < 1.29 is 0 Å². The molecule has 1 heterocycles. The zero-order valence-electron chi connectivity index (χ0n) is 10.0. The van der Waals surface area contributed by atoms with E-state index in [4.69, 9.17) is 0 Å². The second kappa shape index (κ2) is 6.31. The SMILES string of the molecule is CCc1ccc(CCNC2CCSC2)cc1. The fourth-order valence-corrected chi connectivity index (χ4v) is 3.24. The predicted octanol–water partition coefficient (Wildman–Crippen LogP) is 2.89. The molecule has 0 spiro atoms. The summed E-state index contributed by atoms with van der Waals surface area (Å²) in [5.41, 5.74) is 2.89. The van der Waals surface area contributed by atoms with Crippen molar-refractivity contribution in [2.45, 2.75) is 32.2 Å². The molecule has 2 heteroatoms. The molecule has 0 aliphatic carbocycles. The molecule has 88 valence electrons. The summed E-state index contributed by atoms with van der Waals surface area (Å²) in [6.07, 6.45) is 3.64. The van der Waals surface area contributed by atoms with Crippen LogP contribution in [0.25, 0.3) is 0 Å². The highest BCUT2D eigenvalue weighted by Gasteiger charge is 2.13. The van der Waals surface area contributed by atoms with E-state index in [-0.39, 0.29) is 0 Å². The van der Waals surface area contributed by atoms with Crippen LogP contribution in [0.5, 0.6) is 0 Å². The smallest absolute Gasteiger partial charge is 0.0166 e. The average Bonchev–Trinajstić information content (AvgIpc) is 2.83. The summed E-state index contributed by atoms with van der Waals surface area (Å²) >= 11 is 2.07. The number of nitrogens with one attached hydrogen (secondary N) is 1. The lowest BCUT2D eigenvalue weighted by Gasteiger charge is -2.10. The first-order valence-electron chi connectivity index (χ1n) is 6.27. The molecular formula is C14H21NS. The molecule has 0 bridgehead atoms. The third-order valence-electron chi connectivity index (χ3n) is 3.21. The second-order valence-corrected chi connectivity index (χ2v) is 5.58. The Morgan fingerprint density at radius 2 is 2.00 bits per heavy atom. The quantitative estimate of drug-likeness (QED) is 0.842. The molecule has 1 N–H and O–H groups in total. The van der Waals surface area contributed by atoms with Crippen LogP contribution >= 0.6 is 11.8 Å². The van der Waals surface area contributed by atoms with E-state index in [1.807, 2.05) is 0 Å². The summed E-state index contributed by atoms with van der Waals surface area (Å²) in [7, 11) is 0. The van der Waals surface area contributed by atoms with Gasteiger partial charge in [0, 0.05) is 11.8 Å². The summed E-state index contributed by atoms with van der Waals surface area (Å²) in [6.45, 7) is 3.32. The molecule has 1 unspecified atom stereocenters. The Balaban J connectivity index is 1.71. The lowest BCUT2D eigenvalue weighted by molar-refractivity contribution is 0.560. The van der Waals surface area contributed by atoms with Gasteiger partial charge in [0.2, 0.25) is 0 Å². The van der Waals surface area contributed by atoms with Crippen LogP contribution in [-0.4, -0.2) is 24.1 Å². The first-order valence-corrected chi connectivity index (χ1v) is 7.43. The Morgan fingerprint density at radius 1 is 1.25 bits per heavy atom. The summed E-state index contributed by atoms with van der Waals surface area (Å²) in [5.74, 6) is 2.64. The number of rotatable bonds is 5. The fraction of sp³-hybridized carbons (Fsp3) is 0.571. The van der Waals surface area contributed by atoms with E-state index in [1.165, 1.54) is 29.1 Å². The largest absolute Gasteiger partial charge is 0.313 e. The highest BCUT2D eigenvalue weighted by atomic mass is 32.2. The van der Waals surface area contributed by atoms with Gasteiger partial charge in [-0.15, -0.1) is 0 Å². The molecule has 1 aliphatic rings. The topological polar surface area (TPSA) is 12.0 Å². The minimum atomic E-state index is 0.764. The van der Waals surface area contributed by atoms with Gasteiger partial charge in [-0.1, -0.05) is 31.2 Å². The Morgan fingerprint density at radius 3 is 2.62 bits per heavy atom. The number of hydrogen-bond donors (Lipinski definition) is 1. The standard InChI is InChI=1S/C14H21NS/c1-2-12-3-5-13(6-4-12)7-9-15-14-8-10-16-11-14/h3-6,14-15H,2,7-11H2,1H3. The lowest BCUT2D eigenvalue weighted by atomic mass is 10.1. The number of aryl methyl sites for hydroxylation is 1. The van der Waals surface area contributed by atoms with Crippen LogP contribution in [0.3, 0.4) is 0 Å². The van der Waals surface area contributed by atoms with Crippen LogP contribution in [-0.2, 0) is 12.8 Å². The molecule has 1 aliphatic heterocycles. The molecule has 1 aromatic carbocycles. The minimum absolute atomic E-state index is 0.764. The third kappa shape index (κ3) is 3.53. The van der Waals surface area contributed by atoms with E-state index in [2.05, 4.69) is 48.3 Å². The zero-order valence-corrected chi connectivity index (χ0v) is 10.9. The maximum Gasteiger partial charge on any atom is 0.0166 e. The van der Waals surface area contributed by atoms with Gasteiger partial charge in [-0.25, -0.2) is 0 Å². The van der Waals surface area contributed by atoms with Crippen LogP contribution in [0.15, 0.2) is 24.3 Å². The van der Waals surface area contributed by atoms with Crippen molar-refractivity contribution in [2.24, 2.45) is 0 Å². The molecule has 1 saturated heterocycles. The first kappa shape index (κ1) is 12.0. The molecular weight excluding hydrogens is 214 g/mol. The Labute approximate surface area is 103 Å². The monoisotopic (exact) mass is 235 g/mol. The van der Waals surface area contributed by atoms with Gasteiger partial charge in [0.15, 0.2) is 0 Å². The average molecular weight is 235 g/mol. The molecule has 1 atom stereocenters. The van der Waals surface area contributed by atoms with Gasteiger partial charge >= 0.3 is 0 Å². The summed E-state index contributed by atoms with van der Waals surface area (Å²) in [5, 5.41) is 3.64. The van der Waals surface area contributed by atoms with Gasteiger partial charge in [-0.2, -0.15) is 11.8 Å². The van der Waals surface area contributed by atoms with Crippen LogP contribution in [0.1, 0.15) is 24.5 Å². The Bertz CT molecular complexity index is 301. The highest BCUT2D eigenvalue weighted by molar-refractivity contribution is 7.99. The van der Waals surface area contributed by atoms with Gasteiger partial charge in [0.1, 0.15) is 0 Å². The van der Waals surface area contributed by atoms with Gasteiger partial charge in [-0.3, -0.25) is 0 Å². The van der Waals surface area contributed by atoms with E-state index in [0.717, 1.165) is 25.4 Å². The molecule has 1 aromatic rings. The van der Waals surface area contributed by atoms with Crippen molar-refractivity contribution in [2.75, 3.05) is 18.1 Å². The van der Waals surface area contributed by atoms with Crippen LogP contribution in [0.4, 0.5) is 0 Å². The molecule has 1 fully saturated rings. The van der Waals surface area contributed by atoms with Crippen molar-refractivity contribution in [3.05, 3.63) is 35.4 Å². The Hall–Kier alpha value is -0.470. The van der Waals surface area contributed by atoms with Gasteiger partial charge in [0.05, 0.1) is 0 Å². The zero-order chi connectivity index (χ0) is 11.2. The molecule has 0 radical (unpaired) electrons. The number of thioether (sulfide) groups is 1. The van der Waals surface area contributed by atoms with E-state index >= 15 is 0 Å². The van der Waals surface area contributed by atoms with Crippen molar-refractivity contribution in [1.29, 1.82) is 0 Å². The molecule has 2 rings (SSSR count). The summed E-state index contributed by atoms with van der Waals surface area (Å²) in [4.78, 5) is 0. The molecule has 0 aromatic heterocycles. The number of benzene rings is 1. The maximum absolute atomic E-state index is 3.64. The van der Waals surface area contributed by atoms with Crippen molar-refractivity contribution in [3.8, 4) is 0 Å². The highest BCUT2D eigenvalue weighted by Crippen LogP contribution is 2.16. The van der Waals surface area contributed by atoms with Crippen LogP contribution < -0.4 is 5.32 Å². The van der Waals surface area contributed by atoms with E-state index in [9.17, 15) is 0 Å². The molecule has 1 nitrogen and oxygen atoms in total. The van der Waals surface area contributed by atoms with Crippen LogP contribution in [0, 0.1) is 0 Å². The fourth-order valence-electron chi connectivity index (χ4n) is 2.06.